The number of hydrogen-bond acceptors (Lipinski definition) is 3. The first kappa shape index (κ1) is 10.6. The lowest BCUT2D eigenvalue weighted by molar-refractivity contribution is 0.249. The van der Waals surface area contributed by atoms with E-state index in [0.29, 0.717) is 5.71 Å². The Morgan fingerprint density at radius 2 is 2.12 bits per heavy atom. The van der Waals surface area contributed by atoms with E-state index < -0.39 is 6.03 Å². The molecule has 1 aliphatic heterocycles. The van der Waals surface area contributed by atoms with Gasteiger partial charge in [0.2, 0.25) is 0 Å². The molecule has 1 heterocycles. The number of hydrogen-bond donors (Lipinski definition) is 2. The highest BCUT2D eigenvalue weighted by molar-refractivity contribution is 5.90. The van der Waals surface area contributed by atoms with Crippen LogP contribution in [0.2, 0.25) is 0 Å². The SMILES string of the molecule is CC(=NNC(N)=O)C1OC1c1ccccc1. The number of benzene rings is 1. The van der Waals surface area contributed by atoms with Crippen molar-refractivity contribution < 1.29 is 9.53 Å². The molecule has 1 fully saturated rings. The molecule has 1 saturated heterocycles. The first-order valence-electron chi connectivity index (χ1n) is 4.98. The molecular formula is C11H13N3O2. The molecule has 5 heteroatoms. The summed E-state index contributed by atoms with van der Waals surface area (Å²) in [5, 5.41) is 3.83. The van der Waals surface area contributed by atoms with E-state index in [1.54, 1.807) is 6.92 Å². The van der Waals surface area contributed by atoms with Crippen LogP contribution in [0, 0.1) is 0 Å². The van der Waals surface area contributed by atoms with Gasteiger partial charge in [-0.3, -0.25) is 0 Å². The number of carbonyl (C=O) groups excluding carboxylic acids is 1. The maximum absolute atomic E-state index is 10.5. The third-order valence-electron chi connectivity index (χ3n) is 2.37. The second-order valence-corrected chi connectivity index (χ2v) is 3.62. The number of ether oxygens (including phenoxy) is 1. The lowest BCUT2D eigenvalue weighted by Gasteiger charge is -1.96. The van der Waals surface area contributed by atoms with E-state index in [4.69, 9.17) is 10.5 Å². The Morgan fingerprint density at radius 3 is 2.75 bits per heavy atom. The average molecular weight is 219 g/mol. The fraction of sp³-hybridized carbons (Fsp3) is 0.273. The van der Waals surface area contributed by atoms with Crippen molar-refractivity contribution in [3.8, 4) is 0 Å². The van der Waals surface area contributed by atoms with Gasteiger partial charge in [0.05, 0.1) is 5.71 Å². The van der Waals surface area contributed by atoms with Crippen LogP contribution in [0.25, 0.3) is 0 Å². The van der Waals surface area contributed by atoms with Gasteiger partial charge in [0.1, 0.15) is 12.2 Å². The van der Waals surface area contributed by atoms with Crippen molar-refractivity contribution in [1.29, 1.82) is 0 Å². The predicted molar refractivity (Wildman–Crippen MR) is 59.9 cm³/mol. The van der Waals surface area contributed by atoms with Crippen molar-refractivity contribution in [3.05, 3.63) is 35.9 Å². The van der Waals surface area contributed by atoms with Gasteiger partial charge in [-0.1, -0.05) is 30.3 Å². The fourth-order valence-corrected chi connectivity index (χ4v) is 1.53. The van der Waals surface area contributed by atoms with Crippen molar-refractivity contribution in [3.63, 3.8) is 0 Å². The van der Waals surface area contributed by atoms with Crippen molar-refractivity contribution in [2.24, 2.45) is 10.8 Å². The first-order chi connectivity index (χ1) is 7.68. The molecule has 0 radical (unpaired) electrons. The van der Waals surface area contributed by atoms with E-state index in [1.807, 2.05) is 30.3 Å². The molecule has 2 unspecified atom stereocenters. The van der Waals surface area contributed by atoms with Crippen LogP contribution in [0.5, 0.6) is 0 Å². The molecule has 0 aliphatic carbocycles. The Hall–Kier alpha value is -1.88. The van der Waals surface area contributed by atoms with Gasteiger partial charge in [-0.2, -0.15) is 5.10 Å². The van der Waals surface area contributed by atoms with Gasteiger partial charge >= 0.3 is 6.03 Å². The van der Waals surface area contributed by atoms with Gasteiger partial charge < -0.3 is 10.5 Å². The number of nitrogens with two attached hydrogens (primary N) is 1. The second-order valence-electron chi connectivity index (χ2n) is 3.62. The topological polar surface area (TPSA) is 80.0 Å². The molecule has 0 spiro atoms. The van der Waals surface area contributed by atoms with E-state index in [2.05, 4.69) is 10.5 Å². The van der Waals surface area contributed by atoms with Gasteiger partial charge in [0, 0.05) is 0 Å². The zero-order chi connectivity index (χ0) is 11.5. The third-order valence-corrected chi connectivity index (χ3v) is 2.37. The smallest absolute Gasteiger partial charge is 0.332 e. The van der Waals surface area contributed by atoms with Crippen molar-refractivity contribution in [1.82, 2.24) is 5.43 Å². The molecule has 1 aliphatic rings. The Bertz CT molecular complexity index is 416. The zero-order valence-corrected chi connectivity index (χ0v) is 8.88. The van der Waals surface area contributed by atoms with E-state index >= 15 is 0 Å². The molecule has 0 aromatic heterocycles. The Labute approximate surface area is 93.3 Å². The van der Waals surface area contributed by atoms with Crippen LogP contribution in [0.15, 0.2) is 35.4 Å². The van der Waals surface area contributed by atoms with Crippen LogP contribution in [-0.4, -0.2) is 17.8 Å². The minimum absolute atomic E-state index is 0.0413. The molecule has 2 amide bonds. The molecule has 0 bridgehead atoms. The largest absolute Gasteiger partial charge is 0.358 e. The van der Waals surface area contributed by atoms with Crippen LogP contribution in [0.1, 0.15) is 18.6 Å². The van der Waals surface area contributed by atoms with Gasteiger partial charge in [-0.15, -0.1) is 0 Å². The van der Waals surface area contributed by atoms with Crippen LogP contribution in [-0.2, 0) is 4.74 Å². The molecule has 2 atom stereocenters. The van der Waals surface area contributed by atoms with Crippen LogP contribution in [0.4, 0.5) is 4.79 Å². The lowest BCUT2D eigenvalue weighted by atomic mass is 10.1. The molecule has 3 N–H and O–H groups in total. The first-order valence-corrected chi connectivity index (χ1v) is 4.98. The van der Waals surface area contributed by atoms with E-state index in [9.17, 15) is 4.79 Å². The maximum atomic E-state index is 10.5. The summed E-state index contributed by atoms with van der Waals surface area (Å²) in [5.74, 6) is 0. The number of rotatable bonds is 3. The zero-order valence-electron chi connectivity index (χ0n) is 8.88. The van der Waals surface area contributed by atoms with Gasteiger partial charge in [0.15, 0.2) is 0 Å². The molecule has 1 aromatic carbocycles. The minimum atomic E-state index is -0.670. The number of primary amides is 1. The highest BCUT2D eigenvalue weighted by atomic mass is 16.6. The molecule has 5 nitrogen and oxygen atoms in total. The molecule has 84 valence electrons. The van der Waals surface area contributed by atoms with Gasteiger partial charge in [-0.25, -0.2) is 10.2 Å². The van der Waals surface area contributed by atoms with Crippen molar-refractivity contribution in [2.75, 3.05) is 0 Å². The number of carbonyl (C=O) groups is 1. The average Bonchev–Trinajstić information content (AvgIpc) is 3.07. The summed E-state index contributed by atoms with van der Waals surface area (Å²) in [6.07, 6.45) is -0.0196. The highest BCUT2D eigenvalue weighted by Gasteiger charge is 2.42. The number of epoxide rings is 1. The normalized spacial score (nSPS) is 23.9. The predicted octanol–water partition coefficient (Wildman–Crippen LogP) is 1.17. The number of urea groups is 1. The summed E-state index contributed by atoms with van der Waals surface area (Å²) in [5.41, 5.74) is 8.92. The number of nitrogens with zero attached hydrogens (tertiary/aromatic N) is 1. The molecule has 16 heavy (non-hydrogen) atoms. The maximum Gasteiger partial charge on any atom is 0.332 e. The second kappa shape index (κ2) is 4.32. The standard InChI is InChI=1S/C11H13N3O2/c1-7(13-14-11(12)15)9-10(16-9)8-5-3-2-4-6-8/h2-6,9-10H,1H3,(H3,12,14,15). The summed E-state index contributed by atoms with van der Waals surface area (Å²) < 4.78 is 5.47. The van der Waals surface area contributed by atoms with Gasteiger partial charge in [0.25, 0.3) is 0 Å². The summed E-state index contributed by atoms with van der Waals surface area (Å²) in [4.78, 5) is 10.5. The third kappa shape index (κ3) is 2.38. The quantitative estimate of drug-likeness (QED) is 0.454. The van der Waals surface area contributed by atoms with Crippen LogP contribution < -0.4 is 11.2 Å². The van der Waals surface area contributed by atoms with Crippen molar-refractivity contribution in [2.45, 2.75) is 19.1 Å². The van der Waals surface area contributed by atoms with Crippen LogP contribution in [0.3, 0.4) is 0 Å². The summed E-state index contributed by atoms with van der Waals surface area (Å²) in [7, 11) is 0. The fourth-order valence-electron chi connectivity index (χ4n) is 1.53. The summed E-state index contributed by atoms with van der Waals surface area (Å²) in [6, 6.07) is 9.20. The molecular weight excluding hydrogens is 206 g/mol. The van der Waals surface area contributed by atoms with Crippen molar-refractivity contribution >= 4 is 11.7 Å². The minimum Gasteiger partial charge on any atom is -0.358 e. The number of nitrogens with one attached hydrogen (secondary N) is 1. The van der Waals surface area contributed by atoms with E-state index in [-0.39, 0.29) is 12.2 Å². The molecule has 0 saturated carbocycles. The monoisotopic (exact) mass is 219 g/mol. The van der Waals surface area contributed by atoms with E-state index in [1.165, 1.54) is 0 Å². The lowest BCUT2D eigenvalue weighted by Crippen LogP contribution is -2.26. The van der Waals surface area contributed by atoms with E-state index in [0.717, 1.165) is 5.56 Å². The van der Waals surface area contributed by atoms with Gasteiger partial charge in [-0.05, 0) is 12.5 Å². The summed E-state index contributed by atoms with van der Waals surface area (Å²) >= 11 is 0. The summed E-state index contributed by atoms with van der Waals surface area (Å²) in [6.45, 7) is 1.80. The number of amides is 2. The van der Waals surface area contributed by atoms with Crippen LogP contribution >= 0.6 is 0 Å². The molecule has 1 aromatic rings. The Kier molecular flexibility index (Phi) is 2.87. The Morgan fingerprint density at radius 1 is 1.44 bits per heavy atom. The molecule has 2 rings (SSSR count). The number of hydrazone groups is 1. The highest BCUT2D eigenvalue weighted by Crippen LogP contribution is 2.39. The Balaban J connectivity index is 1.96.